The molecule has 2 aromatic heterocycles. The summed E-state index contributed by atoms with van der Waals surface area (Å²) in [5.74, 6) is -0.687. The maximum absolute atomic E-state index is 11.7. The van der Waals surface area contributed by atoms with Gasteiger partial charge in [-0.1, -0.05) is 0 Å². The molecule has 2 aromatic rings. The minimum atomic E-state index is -0.353. The Balaban J connectivity index is 1.86. The molecule has 0 atom stereocenters. The van der Waals surface area contributed by atoms with Crippen LogP contribution in [0.2, 0.25) is 0 Å². The first kappa shape index (κ1) is 14.7. The van der Waals surface area contributed by atoms with Crippen molar-refractivity contribution in [2.24, 2.45) is 0 Å². The van der Waals surface area contributed by atoms with Crippen LogP contribution in [0.3, 0.4) is 0 Å². The summed E-state index contributed by atoms with van der Waals surface area (Å²) in [5.41, 5.74) is 6.97. The molecule has 0 aliphatic carbocycles. The molecule has 2 N–H and O–H groups in total. The van der Waals surface area contributed by atoms with Gasteiger partial charge < -0.3 is 0 Å². The molecule has 2 amide bonds. The SMILES string of the molecule is Cc1cc(C)n(CC(=O)NNC(=O)c2csc(Br)c2)n1. The summed E-state index contributed by atoms with van der Waals surface area (Å²) in [7, 11) is 0. The van der Waals surface area contributed by atoms with Crippen molar-refractivity contribution in [1.29, 1.82) is 0 Å². The van der Waals surface area contributed by atoms with Crippen LogP contribution in [-0.2, 0) is 11.3 Å². The molecule has 0 fully saturated rings. The third kappa shape index (κ3) is 3.67. The number of carbonyl (C=O) groups excluding carboxylic acids is 2. The van der Waals surface area contributed by atoms with Gasteiger partial charge in [-0.2, -0.15) is 5.10 Å². The van der Waals surface area contributed by atoms with Gasteiger partial charge >= 0.3 is 0 Å². The fourth-order valence-electron chi connectivity index (χ4n) is 1.64. The number of carbonyl (C=O) groups is 2. The number of hydrogen-bond donors (Lipinski definition) is 2. The second kappa shape index (κ2) is 6.19. The van der Waals surface area contributed by atoms with Crippen LogP contribution >= 0.6 is 27.3 Å². The molecule has 2 rings (SSSR count). The van der Waals surface area contributed by atoms with Crippen LogP contribution in [0.15, 0.2) is 21.3 Å². The Kier molecular flexibility index (Phi) is 4.56. The van der Waals surface area contributed by atoms with Gasteiger partial charge in [-0.05, 0) is 41.9 Å². The second-order valence-electron chi connectivity index (χ2n) is 4.23. The van der Waals surface area contributed by atoms with E-state index in [2.05, 4.69) is 31.9 Å². The number of aromatic nitrogens is 2. The van der Waals surface area contributed by atoms with Crippen LogP contribution in [0.1, 0.15) is 21.7 Å². The highest BCUT2D eigenvalue weighted by Crippen LogP contribution is 2.20. The van der Waals surface area contributed by atoms with Crippen LogP contribution in [-0.4, -0.2) is 21.6 Å². The number of nitrogens with zero attached hydrogens (tertiary/aromatic N) is 2. The zero-order valence-corrected chi connectivity index (χ0v) is 13.3. The molecular formula is C12H13BrN4O2S. The van der Waals surface area contributed by atoms with Gasteiger partial charge in [0.25, 0.3) is 11.8 Å². The van der Waals surface area contributed by atoms with Gasteiger partial charge in [0.2, 0.25) is 0 Å². The second-order valence-corrected chi connectivity index (χ2v) is 6.52. The Labute approximate surface area is 128 Å². The molecule has 0 radical (unpaired) electrons. The lowest BCUT2D eigenvalue weighted by Crippen LogP contribution is -2.43. The van der Waals surface area contributed by atoms with Crippen molar-refractivity contribution in [1.82, 2.24) is 20.6 Å². The topological polar surface area (TPSA) is 76.0 Å². The largest absolute Gasteiger partial charge is 0.271 e. The molecular weight excluding hydrogens is 344 g/mol. The number of halogens is 1. The van der Waals surface area contributed by atoms with Crippen molar-refractivity contribution >= 4 is 39.1 Å². The highest BCUT2D eigenvalue weighted by Gasteiger charge is 2.10. The Bertz CT molecular complexity index is 650. The Hall–Kier alpha value is -1.67. The first-order valence-electron chi connectivity index (χ1n) is 5.80. The van der Waals surface area contributed by atoms with Gasteiger partial charge in [0.15, 0.2) is 0 Å². The molecule has 0 unspecified atom stereocenters. The molecule has 0 spiro atoms. The third-order valence-corrected chi connectivity index (χ3v) is 4.05. The number of aryl methyl sites for hydroxylation is 2. The minimum Gasteiger partial charge on any atom is -0.271 e. The van der Waals surface area contributed by atoms with E-state index in [0.29, 0.717) is 5.56 Å². The van der Waals surface area contributed by atoms with E-state index in [4.69, 9.17) is 0 Å². The molecule has 6 nitrogen and oxygen atoms in total. The van der Waals surface area contributed by atoms with E-state index in [1.807, 2.05) is 19.9 Å². The highest BCUT2D eigenvalue weighted by atomic mass is 79.9. The highest BCUT2D eigenvalue weighted by molar-refractivity contribution is 9.11. The Morgan fingerprint density at radius 1 is 1.35 bits per heavy atom. The molecule has 0 aliphatic heterocycles. The Morgan fingerprint density at radius 2 is 2.10 bits per heavy atom. The molecule has 0 aromatic carbocycles. The Morgan fingerprint density at radius 3 is 2.65 bits per heavy atom. The van der Waals surface area contributed by atoms with Gasteiger partial charge in [-0.15, -0.1) is 11.3 Å². The van der Waals surface area contributed by atoms with Crippen LogP contribution in [0.25, 0.3) is 0 Å². The standard InChI is InChI=1S/C12H13BrN4O2S/c1-7-3-8(2)17(16-7)5-11(18)14-15-12(19)9-4-10(13)20-6-9/h3-4,6H,5H2,1-2H3,(H,14,18)(H,15,19). The van der Waals surface area contributed by atoms with Crippen LogP contribution in [0.4, 0.5) is 0 Å². The molecule has 0 saturated heterocycles. The van der Waals surface area contributed by atoms with Crippen molar-refractivity contribution in [3.63, 3.8) is 0 Å². The molecule has 20 heavy (non-hydrogen) atoms. The van der Waals surface area contributed by atoms with Gasteiger partial charge in [-0.25, -0.2) is 0 Å². The summed E-state index contributed by atoms with van der Waals surface area (Å²) in [5, 5.41) is 5.88. The molecule has 8 heteroatoms. The zero-order chi connectivity index (χ0) is 14.7. The van der Waals surface area contributed by atoms with Crippen molar-refractivity contribution in [3.05, 3.63) is 38.3 Å². The van der Waals surface area contributed by atoms with E-state index in [-0.39, 0.29) is 18.4 Å². The fourth-order valence-corrected chi connectivity index (χ4v) is 2.77. The van der Waals surface area contributed by atoms with Gasteiger partial charge in [0, 0.05) is 11.1 Å². The van der Waals surface area contributed by atoms with Gasteiger partial charge in [0.05, 0.1) is 15.0 Å². The summed E-state index contributed by atoms with van der Waals surface area (Å²) in [6, 6.07) is 3.57. The van der Waals surface area contributed by atoms with Gasteiger partial charge in [0.1, 0.15) is 6.54 Å². The maximum Gasteiger partial charge on any atom is 0.270 e. The summed E-state index contributed by atoms with van der Waals surface area (Å²) in [6.45, 7) is 3.79. The first-order chi connectivity index (χ1) is 9.45. The average molecular weight is 357 g/mol. The number of amides is 2. The number of nitrogens with one attached hydrogen (secondary N) is 2. The predicted molar refractivity (Wildman–Crippen MR) is 79.3 cm³/mol. The first-order valence-corrected chi connectivity index (χ1v) is 7.47. The lowest BCUT2D eigenvalue weighted by molar-refractivity contribution is -0.122. The monoisotopic (exact) mass is 356 g/mol. The van der Waals surface area contributed by atoms with E-state index in [0.717, 1.165) is 15.2 Å². The maximum atomic E-state index is 11.7. The predicted octanol–water partition coefficient (Wildman–Crippen LogP) is 1.79. The minimum absolute atomic E-state index is 0.0628. The van der Waals surface area contributed by atoms with Crippen molar-refractivity contribution in [2.75, 3.05) is 0 Å². The van der Waals surface area contributed by atoms with E-state index < -0.39 is 0 Å². The van der Waals surface area contributed by atoms with Crippen LogP contribution in [0.5, 0.6) is 0 Å². The van der Waals surface area contributed by atoms with E-state index in [9.17, 15) is 9.59 Å². The summed E-state index contributed by atoms with van der Waals surface area (Å²) < 4.78 is 2.44. The lowest BCUT2D eigenvalue weighted by atomic mass is 10.3. The molecule has 0 aliphatic rings. The van der Waals surface area contributed by atoms with Crippen LogP contribution < -0.4 is 10.9 Å². The summed E-state index contributed by atoms with van der Waals surface area (Å²) in [4.78, 5) is 23.4. The van der Waals surface area contributed by atoms with E-state index in [1.165, 1.54) is 11.3 Å². The van der Waals surface area contributed by atoms with Gasteiger partial charge in [-0.3, -0.25) is 25.1 Å². The molecule has 0 bridgehead atoms. The molecule has 106 valence electrons. The normalized spacial score (nSPS) is 10.3. The number of rotatable bonds is 3. The number of hydrazine groups is 1. The lowest BCUT2D eigenvalue weighted by Gasteiger charge is -2.07. The van der Waals surface area contributed by atoms with E-state index >= 15 is 0 Å². The quantitative estimate of drug-likeness (QED) is 0.823. The van der Waals surface area contributed by atoms with Crippen LogP contribution in [0, 0.1) is 13.8 Å². The zero-order valence-electron chi connectivity index (χ0n) is 10.9. The third-order valence-electron chi connectivity index (χ3n) is 2.54. The van der Waals surface area contributed by atoms with Crippen molar-refractivity contribution < 1.29 is 9.59 Å². The summed E-state index contributed by atoms with van der Waals surface area (Å²) >= 11 is 4.68. The van der Waals surface area contributed by atoms with Crippen molar-refractivity contribution in [3.8, 4) is 0 Å². The summed E-state index contributed by atoms with van der Waals surface area (Å²) in [6.07, 6.45) is 0. The number of hydrogen-bond acceptors (Lipinski definition) is 4. The molecule has 0 saturated carbocycles. The number of thiophene rings is 1. The molecule has 2 heterocycles. The van der Waals surface area contributed by atoms with Crippen molar-refractivity contribution in [2.45, 2.75) is 20.4 Å². The smallest absolute Gasteiger partial charge is 0.270 e. The fraction of sp³-hybridized carbons (Fsp3) is 0.250. The van der Waals surface area contributed by atoms with E-state index in [1.54, 1.807) is 16.1 Å². The average Bonchev–Trinajstić information content (AvgIpc) is 2.93.